The third-order valence-electron chi connectivity index (χ3n) is 4.90. The number of rotatable bonds is 4. The molecular formula is C18H23F2N3O3. The molecule has 2 amide bonds. The van der Waals surface area contributed by atoms with Crippen LogP contribution in [0, 0.1) is 11.6 Å². The van der Waals surface area contributed by atoms with Gasteiger partial charge in [0.05, 0.1) is 24.7 Å². The van der Waals surface area contributed by atoms with E-state index in [0.717, 1.165) is 12.1 Å². The van der Waals surface area contributed by atoms with Crippen LogP contribution < -0.4 is 5.32 Å². The first-order valence-electron chi connectivity index (χ1n) is 8.65. The molecule has 2 aliphatic heterocycles. The highest BCUT2D eigenvalue weighted by molar-refractivity contribution is 5.94. The first-order chi connectivity index (χ1) is 12.3. The predicted octanol–water partition coefficient (Wildman–Crippen LogP) is 1.01. The van der Waals surface area contributed by atoms with E-state index in [2.05, 4.69) is 10.2 Å². The van der Waals surface area contributed by atoms with E-state index in [-0.39, 0.29) is 29.7 Å². The second-order valence-corrected chi connectivity index (χ2v) is 7.09. The molecule has 26 heavy (non-hydrogen) atoms. The first-order valence-corrected chi connectivity index (χ1v) is 8.65. The van der Waals surface area contributed by atoms with Crippen molar-refractivity contribution in [2.45, 2.75) is 31.0 Å². The van der Waals surface area contributed by atoms with Gasteiger partial charge >= 0.3 is 0 Å². The van der Waals surface area contributed by atoms with Gasteiger partial charge in [-0.25, -0.2) is 8.78 Å². The lowest BCUT2D eigenvalue weighted by molar-refractivity contribution is -0.134. The summed E-state index contributed by atoms with van der Waals surface area (Å²) in [5, 5.41) is 2.81. The summed E-state index contributed by atoms with van der Waals surface area (Å²) in [6.45, 7) is 1.75. The van der Waals surface area contributed by atoms with Crippen molar-refractivity contribution in [3.8, 4) is 0 Å². The average molecular weight is 367 g/mol. The molecule has 2 fully saturated rings. The van der Waals surface area contributed by atoms with Crippen molar-refractivity contribution in [1.29, 1.82) is 0 Å². The van der Waals surface area contributed by atoms with Crippen molar-refractivity contribution in [2.75, 3.05) is 33.8 Å². The summed E-state index contributed by atoms with van der Waals surface area (Å²) in [5.74, 6) is -2.12. The average Bonchev–Trinajstić information content (AvgIpc) is 2.95. The fraction of sp³-hybridized carbons (Fsp3) is 0.556. The molecule has 0 radical (unpaired) electrons. The van der Waals surface area contributed by atoms with Gasteiger partial charge in [-0.3, -0.25) is 14.5 Å². The van der Waals surface area contributed by atoms with Gasteiger partial charge < -0.3 is 15.0 Å². The van der Waals surface area contributed by atoms with Crippen LogP contribution in [0.3, 0.4) is 0 Å². The van der Waals surface area contributed by atoms with E-state index in [1.54, 1.807) is 19.0 Å². The van der Waals surface area contributed by atoms with E-state index in [0.29, 0.717) is 38.6 Å². The molecule has 0 aromatic heterocycles. The quantitative estimate of drug-likeness (QED) is 0.863. The Morgan fingerprint density at radius 3 is 2.77 bits per heavy atom. The van der Waals surface area contributed by atoms with E-state index >= 15 is 0 Å². The van der Waals surface area contributed by atoms with Crippen LogP contribution in [-0.2, 0) is 9.53 Å². The smallest absolute Gasteiger partial charge is 0.254 e. The Balaban J connectivity index is 1.55. The Morgan fingerprint density at radius 1 is 1.31 bits per heavy atom. The SMILES string of the molecule is CN(C)C(=O)C[C@H]1CN2C[C@@H](NC(=O)c3ccc(F)cc3F)C[C@H]2CO1. The minimum atomic E-state index is -0.871. The van der Waals surface area contributed by atoms with Crippen molar-refractivity contribution < 1.29 is 23.1 Å². The van der Waals surface area contributed by atoms with Crippen LogP contribution in [0.25, 0.3) is 0 Å². The summed E-state index contributed by atoms with van der Waals surface area (Å²) in [5.41, 5.74) is -0.165. The van der Waals surface area contributed by atoms with E-state index < -0.39 is 17.5 Å². The number of nitrogens with one attached hydrogen (secondary N) is 1. The maximum atomic E-state index is 13.7. The molecule has 2 heterocycles. The Bertz CT molecular complexity index is 698. The normalized spacial score (nSPS) is 25.6. The summed E-state index contributed by atoms with van der Waals surface area (Å²) < 4.78 is 32.5. The van der Waals surface area contributed by atoms with Gasteiger partial charge in [0.2, 0.25) is 5.91 Å². The van der Waals surface area contributed by atoms with Crippen LogP contribution in [0.4, 0.5) is 8.78 Å². The second-order valence-electron chi connectivity index (χ2n) is 7.09. The van der Waals surface area contributed by atoms with Crippen molar-refractivity contribution in [2.24, 2.45) is 0 Å². The zero-order chi connectivity index (χ0) is 18.8. The molecule has 2 aliphatic rings. The van der Waals surface area contributed by atoms with E-state index in [4.69, 9.17) is 4.74 Å². The number of halogens is 2. The highest BCUT2D eigenvalue weighted by Crippen LogP contribution is 2.25. The van der Waals surface area contributed by atoms with Gasteiger partial charge in [0.1, 0.15) is 11.6 Å². The molecule has 3 atom stereocenters. The van der Waals surface area contributed by atoms with Gasteiger partial charge in [-0.05, 0) is 18.6 Å². The van der Waals surface area contributed by atoms with Crippen LogP contribution in [0.15, 0.2) is 18.2 Å². The van der Waals surface area contributed by atoms with Crippen LogP contribution >= 0.6 is 0 Å². The van der Waals surface area contributed by atoms with Gasteiger partial charge in [0.15, 0.2) is 0 Å². The molecule has 1 N–H and O–H groups in total. The number of amides is 2. The van der Waals surface area contributed by atoms with Crippen LogP contribution in [0.2, 0.25) is 0 Å². The lowest BCUT2D eigenvalue weighted by atomic mass is 10.1. The largest absolute Gasteiger partial charge is 0.375 e. The third-order valence-corrected chi connectivity index (χ3v) is 4.90. The monoisotopic (exact) mass is 367 g/mol. The Hall–Kier alpha value is -2.06. The van der Waals surface area contributed by atoms with Crippen molar-refractivity contribution >= 4 is 11.8 Å². The summed E-state index contributed by atoms with van der Waals surface area (Å²) >= 11 is 0. The fourth-order valence-electron chi connectivity index (χ4n) is 3.48. The van der Waals surface area contributed by atoms with Crippen molar-refractivity contribution in [3.05, 3.63) is 35.4 Å². The van der Waals surface area contributed by atoms with Crippen LogP contribution in [0.5, 0.6) is 0 Å². The minimum Gasteiger partial charge on any atom is -0.375 e. The number of ether oxygens (including phenoxy) is 1. The number of hydrogen-bond donors (Lipinski definition) is 1. The first kappa shape index (κ1) is 18.7. The number of fused-ring (bicyclic) bond motifs is 1. The fourth-order valence-corrected chi connectivity index (χ4v) is 3.48. The Morgan fingerprint density at radius 2 is 2.08 bits per heavy atom. The molecule has 6 nitrogen and oxygen atoms in total. The minimum absolute atomic E-state index is 0.0179. The molecule has 142 valence electrons. The summed E-state index contributed by atoms with van der Waals surface area (Å²) in [7, 11) is 3.42. The molecule has 0 aliphatic carbocycles. The topological polar surface area (TPSA) is 61.9 Å². The van der Waals surface area contributed by atoms with Gasteiger partial charge in [-0.15, -0.1) is 0 Å². The molecule has 0 bridgehead atoms. The van der Waals surface area contributed by atoms with Crippen molar-refractivity contribution in [3.63, 3.8) is 0 Å². The number of carbonyl (C=O) groups excluding carboxylic acids is 2. The zero-order valence-electron chi connectivity index (χ0n) is 14.9. The highest BCUT2D eigenvalue weighted by Gasteiger charge is 2.38. The van der Waals surface area contributed by atoms with Crippen LogP contribution in [0.1, 0.15) is 23.2 Å². The van der Waals surface area contributed by atoms with E-state index in [9.17, 15) is 18.4 Å². The lowest BCUT2D eigenvalue weighted by Gasteiger charge is -2.35. The number of hydrogen-bond acceptors (Lipinski definition) is 4. The standard InChI is InChI=1S/C18H23F2N3O3/c1-22(2)17(24)7-14-9-23-8-12(6-13(23)10-26-14)21-18(25)15-4-3-11(19)5-16(15)20/h3-5,12-14H,6-10H2,1-2H3,(H,21,25)/t12-,13-,14-/m0/s1. The molecular weight excluding hydrogens is 344 g/mol. The predicted molar refractivity (Wildman–Crippen MR) is 90.6 cm³/mol. The molecule has 0 spiro atoms. The number of benzene rings is 1. The zero-order valence-corrected chi connectivity index (χ0v) is 14.9. The molecule has 3 rings (SSSR count). The molecule has 8 heteroatoms. The van der Waals surface area contributed by atoms with E-state index in [1.807, 2.05) is 0 Å². The molecule has 1 aromatic rings. The number of nitrogens with zero attached hydrogens (tertiary/aromatic N) is 2. The van der Waals surface area contributed by atoms with Gasteiger partial charge in [-0.2, -0.15) is 0 Å². The maximum Gasteiger partial charge on any atom is 0.254 e. The van der Waals surface area contributed by atoms with Gasteiger partial charge in [0, 0.05) is 45.3 Å². The number of morpholine rings is 1. The lowest BCUT2D eigenvalue weighted by Crippen LogP contribution is -2.47. The van der Waals surface area contributed by atoms with Crippen LogP contribution in [-0.4, -0.2) is 73.6 Å². The van der Waals surface area contributed by atoms with E-state index in [1.165, 1.54) is 0 Å². The number of carbonyl (C=O) groups is 2. The highest BCUT2D eigenvalue weighted by atomic mass is 19.1. The molecule has 0 saturated carbocycles. The molecule has 0 unspecified atom stereocenters. The second kappa shape index (κ2) is 7.67. The summed E-state index contributed by atoms with van der Waals surface area (Å²) in [6, 6.07) is 2.95. The Kier molecular flexibility index (Phi) is 5.52. The van der Waals surface area contributed by atoms with Crippen molar-refractivity contribution in [1.82, 2.24) is 15.1 Å². The molecule has 2 saturated heterocycles. The summed E-state index contributed by atoms with van der Waals surface area (Å²) in [4.78, 5) is 27.8. The van der Waals surface area contributed by atoms with Gasteiger partial charge in [0.25, 0.3) is 5.91 Å². The third kappa shape index (κ3) is 4.19. The molecule has 1 aromatic carbocycles. The Labute approximate surface area is 151 Å². The maximum absolute atomic E-state index is 13.7. The summed E-state index contributed by atoms with van der Waals surface area (Å²) in [6.07, 6.45) is 0.863. The van der Waals surface area contributed by atoms with Gasteiger partial charge in [-0.1, -0.05) is 0 Å².